The summed E-state index contributed by atoms with van der Waals surface area (Å²) in [5, 5.41) is 3.54. The van der Waals surface area contributed by atoms with E-state index >= 15 is 0 Å². The van der Waals surface area contributed by atoms with Crippen LogP contribution in [0.1, 0.15) is 79.6 Å². The summed E-state index contributed by atoms with van der Waals surface area (Å²) in [5.74, 6) is 2.28. The normalized spacial score (nSPS) is 41.6. The predicted molar refractivity (Wildman–Crippen MR) is 116 cm³/mol. The number of hydrogen-bond acceptors (Lipinski definition) is 3. The van der Waals surface area contributed by atoms with E-state index in [1.807, 2.05) is 0 Å². The van der Waals surface area contributed by atoms with Crippen LogP contribution >= 0.6 is 0 Å². The summed E-state index contributed by atoms with van der Waals surface area (Å²) in [4.78, 5) is 24.4. The van der Waals surface area contributed by atoms with Gasteiger partial charge in [0, 0.05) is 18.4 Å². The molecular formula is C25H38N2O2. The van der Waals surface area contributed by atoms with Crippen LogP contribution in [0, 0.1) is 34.5 Å². The first-order valence-corrected chi connectivity index (χ1v) is 11.5. The van der Waals surface area contributed by atoms with E-state index in [-0.39, 0.29) is 28.1 Å². The summed E-state index contributed by atoms with van der Waals surface area (Å²) < 4.78 is 0. The quantitative estimate of drug-likeness (QED) is 0.735. The molecule has 29 heavy (non-hydrogen) atoms. The average molecular weight is 399 g/mol. The van der Waals surface area contributed by atoms with Crippen LogP contribution in [0.25, 0.3) is 0 Å². The fourth-order valence-corrected chi connectivity index (χ4v) is 7.34. The molecule has 1 amide bonds. The van der Waals surface area contributed by atoms with Crippen molar-refractivity contribution >= 4 is 11.7 Å². The lowest BCUT2D eigenvalue weighted by molar-refractivity contribution is -0.120. The lowest BCUT2D eigenvalue weighted by Crippen LogP contribution is -2.51. The molecule has 0 aromatic carbocycles. The van der Waals surface area contributed by atoms with Crippen LogP contribution in [0.3, 0.4) is 0 Å². The number of nitrogens with two attached hydrogens (primary N) is 1. The van der Waals surface area contributed by atoms with Crippen LogP contribution in [0.5, 0.6) is 0 Å². The van der Waals surface area contributed by atoms with Gasteiger partial charge < -0.3 is 11.1 Å². The first kappa shape index (κ1) is 20.7. The van der Waals surface area contributed by atoms with Crippen LogP contribution in [-0.2, 0) is 9.59 Å². The summed E-state index contributed by atoms with van der Waals surface area (Å²) in [6.07, 6.45) is 11.5. The number of nitrogens with one attached hydrogen (secondary N) is 1. The standard InChI is InChI=1S/C25H38N2O2/c1-23(2,3)27-22-19-9-7-16-17-8-6-15(14-21(26)29)24(17,4)12-10-18(16)25(19,5)13-11-20(22)28/h7,9,15-18,27H,6,8,10-14H2,1-5H3,(H2,26,29)/t15-,16?,17?,18?,24-,25-/m1/s1. The summed E-state index contributed by atoms with van der Waals surface area (Å²) in [5.41, 5.74) is 7.82. The van der Waals surface area contributed by atoms with Gasteiger partial charge in [-0.2, -0.15) is 0 Å². The van der Waals surface area contributed by atoms with Gasteiger partial charge in [0.25, 0.3) is 0 Å². The Kier molecular flexibility index (Phi) is 4.79. The summed E-state index contributed by atoms with van der Waals surface area (Å²) in [6, 6.07) is 0. The minimum absolute atomic E-state index is 0.0595. The van der Waals surface area contributed by atoms with E-state index in [0.29, 0.717) is 36.5 Å². The van der Waals surface area contributed by atoms with Gasteiger partial charge in [-0.15, -0.1) is 0 Å². The van der Waals surface area contributed by atoms with E-state index in [0.717, 1.165) is 18.5 Å². The third-order valence-electron chi connectivity index (χ3n) is 8.82. The molecule has 2 saturated carbocycles. The molecule has 0 aliphatic heterocycles. The van der Waals surface area contributed by atoms with Gasteiger partial charge in [0.2, 0.25) is 5.91 Å². The van der Waals surface area contributed by atoms with Crippen LogP contribution in [-0.4, -0.2) is 17.2 Å². The number of carbonyl (C=O) groups is 2. The van der Waals surface area contributed by atoms with Crippen molar-refractivity contribution in [3.05, 3.63) is 23.4 Å². The highest BCUT2D eigenvalue weighted by Gasteiger charge is 2.58. The fraction of sp³-hybridized carbons (Fsp3) is 0.760. The van der Waals surface area contributed by atoms with Crippen LogP contribution in [0.15, 0.2) is 23.4 Å². The van der Waals surface area contributed by atoms with E-state index in [9.17, 15) is 9.59 Å². The molecule has 3 unspecified atom stereocenters. The maximum Gasteiger partial charge on any atom is 0.217 e. The molecule has 4 aliphatic carbocycles. The van der Waals surface area contributed by atoms with Gasteiger partial charge in [0.05, 0.1) is 5.70 Å². The van der Waals surface area contributed by atoms with Crippen LogP contribution in [0.4, 0.5) is 0 Å². The topological polar surface area (TPSA) is 72.2 Å². The highest BCUT2D eigenvalue weighted by atomic mass is 16.1. The second-order valence-electron chi connectivity index (χ2n) is 11.6. The number of ketones is 1. The molecule has 3 N–H and O–H groups in total. The Bertz CT molecular complexity index is 789. The largest absolute Gasteiger partial charge is 0.377 e. The van der Waals surface area contributed by atoms with Gasteiger partial charge in [0.1, 0.15) is 0 Å². The molecule has 0 heterocycles. The van der Waals surface area contributed by atoms with Gasteiger partial charge in [0.15, 0.2) is 5.78 Å². The Hall–Kier alpha value is -1.58. The lowest BCUT2D eigenvalue weighted by Gasteiger charge is -2.56. The predicted octanol–water partition coefficient (Wildman–Crippen LogP) is 4.50. The SMILES string of the molecule is CC(C)(C)NC1=C2C=CC3C(CC[C@@]4(C)C3CC[C@@H]4CC(N)=O)[C@@]2(C)CCC1=O. The monoisotopic (exact) mass is 398 g/mol. The number of allylic oxidation sites excluding steroid dienone is 4. The molecule has 160 valence electrons. The Labute approximate surface area is 175 Å². The number of fused-ring (bicyclic) bond motifs is 5. The molecule has 0 radical (unpaired) electrons. The van der Waals surface area contributed by atoms with Crippen molar-refractivity contribution in [3.8, 4) is 0 Å². The Morgan fingerprint density at radius 3 is 2.55 bits per heavy atom. The first-order chi connectivity index (χ1) is 13.5. The average Bonchev–Trinajstić information content (AvgIpc) is 2.93. The summed E-state index contributed by atoms with van der Waals surface area (Å²) >= 11 is 0. The van der Waals surface area contributed by atoms with Crippen molar-refractivity contribution in [1.29, 1.82) is 0 Å². The second-order valence-corrected chi connectivity index (χ2v) is 11.6. The zero-order valence-corrected chi connectivity index (χ0v) is 18.8. The number of rotatable bonds is 3. The Morgan fingerprint density at radius 2 is 1.90 bits per heavy atom. The van der Waals surface area contributed by atoms with Gasteiger partial charge in [-0.3, -0.25) is 9.59 Å². The number of amides is 1. The van der Waals surface area contributed by atoms with Crippen molar-refractivity contribution in [2.45, 2.75) is 85.1 Å². The third-order valence-corrected chi connectivity index (χ3v) is 8.82. The number of Topliss-reactive ketones (excluding diaryl/α,β-unsaturated/α-hetero) is 1. The fourth-order valence-electron chi connectivity index (χ4n) is 7.34. The molecule has 6 atom stereocenters. The Balaban J connectivity index is 1.71. The molecule has 0 aromatic rings. The maximum atomic E-state index is 12.8. The second kappa shape index (κ2) is 6.72. The van der Waals surface area contributed by atoms with Gasteiger partial charge in [-0.25, -0.2) is 0 Å². The molecule has 0 aromatic heterocycles. The molecule has 0 bridgehead atoms. The van der Waals surface area contributed by atoms with Crippen LogP contribution < -0.4 is 11.1 Å². The van der Waals surface area contributed by atoms with Crippen molar-refractivity contribution < 1.29 is 9.59 Å². The van der Waals surface area contributed by atoms with Crippen molar-refractivity contribution in [2.24, 2.45) is 40.2 Å². The van der Waals surface area contributed by atoms with Crippen molar-refractivity contribution in [2.75, 3.05) is 0 Å². The van der Waals surface area contributed by atoms with E-state index < -0.39 is 0 Å². The Morgan fingerprint density at radius 1 is 1.17 bits per heavy atom. The minimum atomic E-state index is -0.154. The van der Waals surface area contributed by atoms with E-state index in [1.54, 1.807) is 0 Å². The third kappa shape index (κ3) is 3.27. The summed E-state index contributed by atoms with van der Waals surface area (Å²) in [6.45, 7) is 11.2. The zero-order valence-electron chi connectivity index (χ0n) is 18.8. The van der Waals surface area contributed by atoms with Gasteiger partial charge >= 0.3 is 0 Å². The highest BCUT2D eigenvalue weighted by Crippen LogP contribution is 2.65. The van der Waals surface area contributed by atoms with E-state index in [2.05, 4.69) is 52.1 Å². The minimum Gasteiger partial charge on any atom is -0.377 e. The zero-order chi connectivity index (χ0) is 21.2. The smallest absolute Gasteiger partial charge is 0.217 e. The lowest BCUT2D eigenvalue weighted by atomic mass is 9.48. The van der Waals surface area contributed by atoms with Gasteiger partial charge in [-0.1, -0.05) is 26.0 Å². The molecule has 4 nitrogen and oxygen atoms in total. The maximum absolute atomic E-state index is 12.8. The van der Waals surface area contributed by atoms with E-state index in [1.165, 1.54) is 24.8 Å². The highest BCUT2D eigenvalue weighted by molar-refractivity contribution is 5.97. The molecule has 4 rings (SSSR count). The number of hydrogen-bond donors (Lipinski definition) is 2. The number of primary amides is 1. The first-order valence-electron chi connectivity index (χ1n) is 11.5. The molecule has 4 aliphatic rings. The number of carbonyl (C=O) groups excluding carboxylic acids is 2. The molecular weight excluding hydrogens is 360 g/mol. The molecule has 2 fully saturated rings. The molecule has 0 saturated heterocycles. The van der Waals surface area contributed by atoms with Gasteiger partial charge in [-0.05, 0) is 93.0 Å². The van der Waals surface area contributed by atoms with Crippen molar-refractivity contribution in [3.63, 3.8) is 0 Å². The molecule has 0 spiro atoms. The van der Waals surface area contributed by atoms with Crippen LogP contribution in [0.2, 0.25) is 0 Å². The summed E-state index contributed by atoms with van der Waals surface area (Å²) in [7, 11) is 0. The molecule has 4 heteroatoms. The van der Waals surface area contributed by atoms with E-state index in [4.69, 9.17) is 5.73 Å². The van der Waals surface area contributed by atoms with Crippen molar-refractivity contribution in [1.82, 2.24) is 5.32 Å².